The Hall–Kier alpha value is -1.39. The molecule has 2 N–H and O–H groups in total. The molecule has 2 unspecified atom stereocenters. The van der Waals surface area contributed by atoms with E-state index in [1.807, 2.05) is 23.1 Å². The minimum Gasteiger partial charge on any atom is -0.379 e. The third-order valence-electron chi connectivity index (χ3n) is 3.59. The monoisotopic (exact) mass is 232 g/mol. The van der Waals surface area contributed by atoms with Gasteiger partial charge in [-0.15, -0.1) is 0 Å². The topological polar surface area (TPSA) is 55.6 Å². The van der Waals surface area contributed by atoms with Crippen LogP contribution in [-0.4, -0.2) is 31.7 Å². The first-order chi connectivity index (χ1) is 8.27. The molecule has 2 heterocycles. The number of hydrogen-bond acceptors (Lipinski definition) is 3. The number of nitrogens with zero attached hydrogens (tertiary/aromatic N) is 1. The van der Waals surface area contributed by atoms with Crippen LogP contribution in [-0.2, 0) is 16.0 Å². The molecule has 1 aromatic rings. The van der Waals surface area contributed by atoms with Crippen molar-refractivity contribution in [2.45, 2.75) is 12.5 Å². The van der Waals surface area contributed by atoms with E-state index in [-0.39, 0.29) is 17.9 Å². The van der Waals surface area contributed by atoms with E-state index in [1.54, 1.807) is 0 Å². The van der Waals surface area contributed by atoms with Gasteiger partial charge in [0, 0.05) is 18.3 Å². The van der Waals surface area contributed by atoms with Gasteiger partial charge in [0.15, 0.2) is 0 Å². The molecule has 2 aliphatic rings. The summed E-state index contributed by atoms with van der Waals surface area (Å²) in [6, 6.07) is 7.90. The Bertz CT molecular complexity index is 447. The van der Waals surface area contributed by atoms with Crippen LogP contribution in [0.15, 0.2) is 24.3 Å². The number of amides is 1. The maximum absolute atomic E-state index is 12.4. The SMILES string of the molecule is NC1COCC1C(=O)N1CCc2ccccc21. The zero-order chi connectivity index (χ0) is 11.8. The zero-order valence-electron chi connectivity index (χ0n) is 9.63. The van der Waals surface area contributed by atoms with Gasteiger partial charge in [0.2, 0.25) is 5.91 Å². The number of anilines is 1. The Morgan fingerprint density at radius 2 is 2.18 bits per heavy atom. The number of para-hydroxylation sites is 1. The summed E-state index contributed by atoms with van der Waals surface area (Å²) in [5.74, 6) is -0.0684. The van der Waals surface area contributed by atoms with Crippen LogP contribution >= 0.6 is 0 Å². The summed E-state index contributed by atoms with van der Waals surface area (Å²) < 4.78 is 5.27. The molecule has 0 aliphatic carbocycles. The fraction of sp³-hybridized carbons (Fsp3) is 0.462. The van der Waals surface area contributed by atoms with Gasteiger partial charge >= 0.3 is 0 Å². The molecular formula is C13H16N2O2. The van der Waals surface area contributed by atoms with E-state index in [9.17, 15) is 4.79 Å². The molecule has 1 saturated heterocycles. The summed E-state index contributed by atoms with van der Waals surface area (Å²) >= 11 is 0. The quantitative estimate of drug-likeness (QED) is 0.769. The molecule has 17 heavy (non-hydrogen) atoms. The number of benzene rings is 1. The van der Waals surface area contributed by atoms with E-state index in [0.717, 1.165) is 18.7 Å². The molecule has 4 heteroatoms. The first kappa shape index (κ1) is 10.7. The van der Waals surface area contributed by atoms with E-state index in [1.165, 1.54) is 5.56 Å². The summed E-state index contributed by atoms with van der Waals surface area (Å²) in [7, 11) is 0. The van der Waals surface area contributed by atoms with Gasteiger partial charge in [0.05, 0.1) is 19.1 Å². The molecule has 2 aliphatic heterocycles. The Balaban J connectivity index is 1.84. The lowest BCUT2D eigenvalue weighted by atomic mass is 10.0. The normalized spacial score (nSPS) is 27.2. The maximum Gasteiger partial charge on any atom is 0.234 e. The third kappa shape index (κ3) is 1.73. The zero-order valence-corrected chi connectivity index (χ0v) is 9.63. The standard InChI is InChI=1S/C13H16N2O2/c14-11-8-17-7-10(11)13(16)15-6-5-9-3-1-2-4-12(9)15/h1-4,10-11H,5-8,14H2. The number of fused-ring (bicyclic) bond motifs is 1. The first-order valence-corrected chi connectivity index (χ1v) is 6.00. The number of rotatable bonds is 1. The second kappa shape index (κ2) is 4.13. The van der Waals surface area contributed by atoms with Gasteiger partial charge in [-0.3, -0.25) is 4.79 Å². The minimum atomic E-state index is -0.179. The van der Waals surface area contributed by atoms with E-state index in [4.69, 9.17) is 10.5 Å². The molecule has 1 amide bonds. The fourth-order valence-corrected chi connectivity index (χ4v) is 2.59. The lowest BCUT2D eigenvalue weighted by molar-refractivity contribution is -0.122. The van der Waals surface area contributed by atoms with Crippen LogP contribution in [0.1, 0.15) is 5.56 Å². The molecule has 90 valence electrons. The summed E-state index contributed by atoms with van der Waals surface area (Å²) in [4.78, 5) is 14.2. The lowest BCUT2D eigenvalue weighted by Gasteiger charge is -2.22. The predicted octanol–water partition coefficient (Wildman–Crippen LogP) is 0.549. The average molecular weight is 232 g/mol. The van der Waals surface area contributed by atoms with E-state index in [0.29, 0.717) is 13.2 Å². The van der Waals surface area contributed by atoms with Crippen molar-refractivity contribution in [1.82, 2.24) is 0 Å². The largest absolute Gasteiger partial charge is 0.379 e. The molecule has 1 aromatic carbocycles. The number of nitrogens with two attached hydrogens (primary N) is 1. The van der Waals surface area contributed by atoms with Crippen molar-refractivity contribution in [3.63, 3.8) is 0 Å². The first-order valence-electron chi connectivity index (χ1n) is 6.00. The van der Waals surface area contributed by atoms with Crippen LogP contribution in [0.3, 0.4) is 0 Å². The number of carbonyl (C=O) groups excluding carboxylic acids is 1. The summed E-state index contributed by atoms with van der Waals surface area (Å²) in [5.41, 5.74) is 8.18. The molecule has 0 saturated carbocycles. The van der Waals surface area contributed by atoms with Crippen molar-refractivity contribution >= 4 is 11.6 Å². The lowest BCUT2D eigenvalue weighted by Crippen LogP contribution is -2.43. The van der Waals surface area contributed by atoms with Crippen molar-refractivity contribution in [3.8, 4) is 0 Å². The van der Waals surface area contributed by atoms with E-state index >= 15 is 0 Å². The van der Waals surface area contributed by atoms with Crippen LogP contribution in [0.2, 0.25) is 0 Å². The second-order valence-corrected chi connectivity index (χ2v) is 4.68. The van der Waals surface area contributed by atoms with Gasteiger partial charge in [0.25, 0.3) is 0 Å². The highest BCUT2D eigenvalue weighted by atomic mass is 16.5. The van der Waals surface area contributed by atoms with Crippen molar-refractivity contribution in [2.75, 3.05) is 24.7 Å². The number of carbonyl (C=O) groups is 1. The molecule has 0 radical (unpaired) electrons. The van der Waals surface area contributed by atoms with Gasteiger partial charge in [-0.05, 0) is 18.1 Å². The molecule has 1 fully saturated rings. The Kier molecular flexibility index (Phi) is 2.61. The Labute approximate surface area is 100 Å². The molecule has 0 aromatic heterocycles. The highest BCUT2D eigenvalue weighted by Crippen LogP contribution is 2.29. The van der Waals surface area contributed by atoms with Crippen LogP contribution in [0.25, 0.3) is 0 Å². The average Bonchev–Trinajstić information content (AvgIpc) is 2.94. The molecular weight excluding hydrogens is 216 g/mol. The Morgan fingerprint density at radius 1 is 1.35 bits per heavy atom. The summed E-state index contributed by atoms with van der Waals surface area (Å²) in [5, 5.41) is 0. The molecule has 3 rings (SSSR count). The number of hydrogen-bond donors (Lipinski definition) is 1. The van der Waals surface area contributed by atoms with Gasteiger partial charge in [0.1, 0.15) is 0 Å². The summed E-state index contributed by atoms with van der Waals surface area (Å²) in [6.45, 7) is 1.71. The van der Waals surface area contributed by atoms with Crippen LogP contribution in [0.4, 0.5) is 5.69 Å². The summed E-state index contributed by atoms with van der Waals surface area (Å²) in [6.07, 6.45) is 0.935. The van der Waals surface area contributed by atoms with Gasteiger partial charge in [-0.1, -0.05) is 18.2 Å². The van der Waals surface area contributed by atoms with Crippen molar-refractivity contribution in [3.05, 3.63) is 29.8 Å². The maximum atomic E-state index is 12.4. The number of ether oxygens (including phenoxy) is 1. The molecule has 0 bridgehead atoms. The molecule has 0 spiro atoms. The molecule has 4 nitrogen and oxygen atoms in total. The van der Waals surface area contributed by atoms with Crippen molar-refractivity contribution < 1.29 is 9.53 Å². The Morgan fingerprint density at radius 3 is 2.94 bits per heavy atom. The fourth-order valence-electron chi connectivity index (χ4n) is 2.59. The van der Waals surface area contributed by atoms with Crippen LogP contribution < -0.4 is 10.6 Å². The highest BCUT2D eigenvalue weighted by molar-refractivity contribution is 5.97. The predicted molar refractivity (Wildman–Crippen MR) is 64.8 cm³/mol. The van der Waals surface area contributed by atoms with E-state index < -0.39 is 0 Å². The van der Waals surface area contributed by atoms with Gasteiger partial charge in [-0.25, -0.2) is 0 Å². The van der Waals surface area contributed by atoms with Crippen molar-refractivity contribution in [2.24, 2.45) is 11.7 Å². The minimum absolute atomic E-state index is 0.111. The third-order valence-corrected chi connectivity index (χ3v) is 3.59. The van der Waals surface area contributed by atoms with Gasteiger partial charge in [-0.2, -0.15) is 0 Å². The molecule has 2 atom stereocenters. The van der Waals surface area contributed by atoms with Gasteiger partial charge < -0.3 is 15.4 Å². The second-order valence-electron chi connectivity index (χ2n) is 4.68. The van der Waals surface area contributed by atoms with E-state index in [2.05, 4.69) is 6.07 Å². The van der Waals surface area contributed by atoms with Crippen LogP contribution in [0, 0.1) is 5.92 Å². The van der Waals surface area contributed by atoms with Crippen LogP contribution in [0.5, 0.6) is 0 Å². The van der Waals surface area contributed by atoms with Crippen molar-refractivity contribution in [1.29, 1.82) is 0 Å². The smallest absolute Gasteiger partial charge is 0.234 e. The highest BCUT2D eigenvalue weighted by Gasteiger charge is 2.36.